The van der Waals surface area contributed by atoms with Gasteiger partial charge in [0, 0.05) is 18.4 Å². The lowest BCUT2D eigenvalue weighted by Gasteiger charge is -2.08. The van der Waals surface area contributed by atoms with Crippen molar-refractivity contribution in [2.45, 2.75) is 31.2 Å². The average Bonchev–Trinajstić information content (AvgIpc) is 2.95. The van der Waals surface area contributed by atoms with E-state index < -0.39 is 0 Å². The van der Waals surface area contributed by atoms with Gasteiger partial charge in [0.25, 0.3) is 0 Å². The van der Waals surface area contributed by atoms with Crippen molar-refractivity contribution in [1.29, 1.82) is 0 Å². The number of nitrogens with zero attached hydrogens (tertiary/aromatic N) is 1. The van der Waals surface area contributed by atoms with Crippen molar-refractivity contribution in [3.8, 4) is 0 Å². The molecule has 16 heavy (non-hydrogen) atoms. The maximum atomic E-state index is 5.68. The minimum Gasteiger partial charge on any atom is -0.378 e. The number of aromatic nitrogens is 1. The van der Waals surface area contributed by atoms with E-state index in [1.807, 2.05) is 5.38 Å². The summed E-state index contributed by atoms with van der Waals surface area (Å²) in [7, 11) is 0. The van der Waals surface area contributed by atoms with Crippen molar-refractivity contribution < 1.29 is 9.47 Å². The summed E-state index contributed by atoms with van der Waals surface area (Å²) in [4.78, 5) is 4.37. The van der Waals surface area contributed by atoms with Gasteiger partial charge in [-0.2, -0.15) is 0 Å². The molecule has 1 aromatic heterocycles. The van der Waals surface area contributed by atoms with Crippen molar-refractivity contribution in [2.75, 3.05) is 19.8 Å². The molecular weight excluding hydrogens is 246 g/mol. The summed E-state index contributed by atoms with van der Waals surface area (Å²) in [6.07, 6.45) is 3.48. The number of hydrogen-bond donors (Lipinski definition) is 0. The van der Waals surface area contributed by atoms with Crippen molar-refractivity contribution in [1.82, 2.24) is 4.98 Å². The Labute approximate surface area is 105 Å². The monoisotopic (exact) mass is 261 g/mol. The summed E-state index contributed by atoms with van der Waals surface area (Å²) in [5.41, 5.74) is 0.959. The van der Waals surface area contributed by atoms with E-state index in [9.17, 15) is 0 Å². The van der Waals surface area contributed by atoms with E-state index in [1.165, 1.54) is 6.42 Å². The number of rotatable bonds is 6. The number of halogens is 1. The second-order valence-electron chi connectivity index (χ2n) is 3.83. The lowest BCUT2D eigenvalue weighted by Crippen LogP contribution is -2.15. The van der Waals surface area contributed by atoms with Crippen molar-refractivity contribution in [2.24, 2.45) is 0 Å². The van der Waals surface area contributed by atoms with Gasteiger partial charge in [-0.05, 0) is 12.8 Å². The van der Waals surface area contributed by atoms with E-state index in [1.54, 1.807) is 11.3 Å². The Hall–Kier alpha value is -0.160. The quantitative estimate of drug-likeness (QED) is 0.583. The van der Waals surface area contributed by atoms with Gasteiger partial charge in [-0.25, -0.2) is 4.98 Å². The topological polar surface area (TPSA) is 31.4 Å². The van der Waals surface area contributed by atoms with Gasteiger partial charge in [-0.1, -0.05) is 0 Å². The Balaban J connectivity index is 1.60. The molecule has 0 radical (unpaired) electrons. The van der Waals surface area contributed by atoms with Gasteiger partial charge >= 0.3 is 0 Å². The Kier molecular flexibility index (Phi) is 5.03. The molecule has 1 unspecified atom stereocenters. The zero-order chi connectivity index (χ0) is 11.2. The molecule has 3 nitrogen and oxygen atoms in total. The van der Waals surface area contributed by atoms with Gasteiger partial charge in [0.2, 0.25) is 0 Å². The second-order valence-corrected chi connectivity index (χ2v) is 5.04. The highest BCUT2D eigenvalue weighted by molar-refractivity contribution is 7.09. The normalized spacial score (nSPS) is 20.4. The molecule has 2 heterocycles. The number of hydrogen-bond acceptors (Lipinski definition) is 4. The van der Waals surface area contributed by atoms with Crippen molar-refractivity contribution >= 4 is 22.9 Å². The fraction of sp³-hybridized carbons (Fsp3) is 0.727. The molecule has 0 N–H and O–H groups in total. The fourth-order valence-electron chi connectivity index (χ4n) is 1.68. The Morgan fingerprint density at radius 1 is 1.62 bits per heavy atom. The molecule has 90 valence electrons. The molecule has 2 rings (SSSR count). The van der Waals surface area contributed by atoms with Crippen LogP contribution in [0.15, 0.2) is 5.38 Å². The maximum absolute atomic E-state index is 5.68. The summed E-state index contributed by atoms with van der Waals surface area (Å²) in [5.74, 6) is 0.493. The van der Waals surface area contributed by atoms with Gasteiger partial charge in [0.05, 0.1) is 35.9 Å². The zero-order valence-electron chi connectivity index (χ0n) is 9.15. The van der Waals surface area contributed by atoms with E-state index in [-0.39, 0.29) is 0 Å². The van der Waals surface area contributed by atoms with Crippen LogP contribution < -0.4 is 0 Å². The molecule has 0 aliphatic carbocycles. The minimum absolute atomic E-state index is 0.315. The molecule has 1 atom stereocenters. The molecule has 1 aromatic rings. The molecule has 1 aliphatic heterocycles. The lowest BCUT2D eigenvalue weighted by molar-refractivity contribution is 0.0182. The molecular formula is C11H16ClNO2S. The van der Waals surface area contributed by atoms with E-state index in [4.69, 9.17) is 21.1 Å². The third-order valence-electron chi connectivity index (χ3n) is 2.52. The predicted octanol–water partition coefficient (Wildman–Crippen LogP) is 2.62. The summed E-state index contributed by atoms with van der Waals surface area (Å²) in [5, 5.41) is 3.10. The van der Waals surface area contributed by atoms with Crippen LogP contribution in [-0.2, 0) is 21.8 Å². The van der Waals surface area contributed by atoms with E-state index in [0.717, 1.165) is 36.8 Å². The first kappa shape index (κ1) is 12.3. The molecule has 5 heteroatoms. The molecule has 0 amide bonds. The minimum atomic E-state index is 0.315. The molecule has 0 bridgehead atoms. The fourth-order valence-corrected chi connectivity index (χ4v) is 2.68. The first-order valence-corrected chi connectivity index (χ1v) is 6.98. The summed E-state index contributed by atoms with van der Waals surface area (Å²) in [6.45, 7) is 2.32. The van der Waals surface area contributed by atoms with Crippen molar-refractivity contribution in [3.63, 3.8) is 0 Å². The van der Waals surface area contributed by atoms with Crippen LogP contribution in [0.25, 0.3) is 0 Å². The van der Waals surface area contributed by atoms with E-state index in [2.05, 4.69) is 4.98 Å². The van der Waals surface area contributed by atoms with E-state index in [0.29, 0.717) is 18.6 Å². The van der Waals surface area contributed by atoms with Crippen LogP contribution in [0.4, 0.5) is 0 Å². The SMILES string of the molecule is ClCc1csc(CCOCC2CCCO2)n1. The zero-order valence-corrected chi connectivity index (χ0v) is 10.7. The number of thiazole rings is 1. The molecule has 0 spiro atoms. The summed E-state index contributed by atoms with van der Waals surface area (Å²) < 4.78 is 11.0. The van der Waals surface area contributed by atoms with Crippen LogP contribution in [0.1, 0.15) is 23.5 Å². The average molecular weight is 262 g/mol. The van der Waals surface area contributed by atoms with Crippen LogP contribution in [0.2, 0.25) is 0 Å². The highest BCUT2D eigenvalue weighted by atomic mass is 35.5. The number of ether oxygens (including phenoxy) is 2. The molecule has 1 saturated heterocycles. The van der Waals surface area contributed by atoms with Crippen LogP contribution in [0.3, 0.4) is 0 Å². The Bertz CT molecular complexity index is 313. The Morgan fingerprint density at radius 3 is 3.25 bits per heavy atom. The smallest absolute Gasteiger partial charge is 0.0951 e. The first-order chi connectivity index (χ1) is 7.88. The van der Waals surface area contributed by atoms with E-state index >= 15 is 0 Å². The molecule has 0 aromatic carbocycles. The van der Waals surface area contributed by atoms with Crippen LogP contribution in [0.5, 0.6) is 0 Å². The predicted molar refractivity (Wildman–Crippen MR) is 65.2 cm³/mol. The van der Waals surface area contributed by atoms with Crippen LogP contribution >= 0.6 is 22.9 Å². The lowest BCUT2D eigenvalue weighted by atomic mass is 10.2. The van der Waals surface area contributed by atoms with Crippen LogP contribution in [0, 0.1) is 0 Å². The van der Waals surface area contributed by atoms with Gasteiger partial charge < -0.3 is 9.47 Å². The highest BCUT2D eigenvalue weighted by Crippen LogP contribution is 2.14. The molecule has 1 aliphatic rings. The van der Waals surface area contributed by atoms with Gasteiger partial charge in [-0.15, -0.1) is 22.9 Å². The van der Waals surface area contributed by atoms with Crippen molar-refractivity contribution in [3.05, 3.63) is 16.1 Å². The second kappa shape index (κ2) is 6.55. The third kappa shape index (κ3) is 3.70. The summed E-state index contributed by atoms with van der Waals surface area (Å²) in [6, 6.07) is 0. The van der Waals surface area contributed by atoms with Gasteiger partial charge in [-0.3, -0.25) is 0 Å². The Morgan fingerprint density at radius 2 is 2.56 bits per heavy atom. The molecule has 0 saturated carbocycles. The largest absolute Gasteiger partial charge is 0.378 e. The van der Waals surface area contributed by atoms with Gasteiger partial charge in [0.15, 0.2) is 0 Å². The maximum Gasteiger partial charge on any atom is 0.0951 e. The summed E-state index contributed by atoms with van der Waals surface area (Å²) >= 11 is 7.33. The number of alkyl halides is 1. The van der Waals surface area contributed by atoms with Crippen LogP contribution in [-0.4, -0.2) is 30.9 Å². The third-order valence-corrected chi connectivity index (χ3v) is 3.76. The van der Waals surface area contributed by atoms with Gasteiger partial charge in [0.1, 0.15) is 0 Å². The standard InChI is InChI=1S/C11H16ClNO2S/c12-6-9-8-16-11(13-9)3-5-14-7-10-2-1-4-15-10/h8,10H,1-7H2. The first-order valence-electron chi connectivity index (χ1n) is 5.57. The molecule has 1 fully saturated rings. The highest BCUT2D eigenvalue weighted by Gasteiger charge is 2.15.